The van der Waals surface area contributed by atoms with Gasteiger partial charge in [-0.15, -0.1) is 0 Å². The summed E-state index contributed by atoms with van der Waals surface area (Å²) >= 11 is 0. The van der Waals surface area contributed by atoms with Gasteiger partial charge in [-0.3, -0.25) is 4.79 Å². The van der Waals surface area contributed by atoms with Crippen LogP contribution in [0.5, 0.6) is 5.75 Å². The summed E-state index contributed by atoms with van der Waals surface area (Å²) in [6.07, 6.45) is 0. The van der Waals surface area contributed by atoms with Gasteiger partial charge in [0.05, 0.1) is 0 Å². The molecule has 0 atom stereocenters. The lowest BCUT2D eigenvalue weighted by molar-refractivity contribution is -0.118. The standard InChI is InChI=1S/C16H17FN2O2/c1-11-7-14(5-6-15(11)17)21-10-16(20)19-13-4-2-3-12(8-13)9-18/h2-8H,9-10,18H2,1H3,(H,19,20). The van der Waals surface area contributed by atoms with Crippen LogP contribution in [-0.4, -0.2) is 12.5 Å². The Kier molecular flexibility index (Phi) is 4.90. The van der Waals surface area contributed by atoms with Crippen molar-refractivity contribution in [1.29, 1.82) is 0 Å². The van der Waals surface area contributed by atoms with E-state index in [0.29, 0.717) is 23.5 Å². The van der Waals surface area contributed by atoms with Gasteiger partial charge in [0.25, 0.3) is 5.91 Å². The molecular formula is C16H17FN2O2. The van der Waals surface area contributed by atoms with E-state index in [1.807, 2.05) is 12.1 Å². The van der Waals surface area contributed by atoms with Crippen molar-refractivity contribution in [2.45, 2.75) is 13.5 Å². The Morgan fingerprint density at radius 2 is 2.10 bits per heavy atom. The van der Waals surface area contributed by atoms with Crippen LogP contribution in [0.3, 0.4) is 0 Å². The fourth-order valence-electron chi connectivity index (χ4n) is 1.83. The van der Waals surface area contributed by atoms with Crippen molar-refractivity contribution < 1.29 is 13.9 Å². The SMILES string of the molecule is Cc1cc(OCC(=O)Nc2cccc(CN)c2)ccc1F. The number of amides is 1. The fourth-order valence-corrected chi connectivity index (χ4v) is 1.83. The molecule has 2 aromatic rings. The lowest BCUT2D eigenvalue weighted by Gasteiger charge is -2.09. The summed E-state index contributed by atoms with van der Waals surface area (Å²) in [5.41, 5.74) is 7.62. The summed E-state index contributed by atoms with van der Waals surface area (Å²) in [6, 6.07) is 11.6. The molecule has 0 aliphatic carbocycles. The monoisotopic (exact) mass is 288 g/mol. The molecule has 2 aromatic carbocycles. The number of nitrogens with two attached hydrogens (primary N) is 1. The van der Waals surface area contributed by atoms with Gasteiger partial charge in [0.2, 0.25) is 0 Å². The van der Waals surface area contributed by atoms with Crippen LogP contribution in [0.1, 0.15) is 11.1 Å². The van der Waals surface area contributed by atoms with E-state index in [2.05, 4.69) is 5.32 Å². The van der Waals surface area contributed by atoms with Crippen LogP contribution in [0, 0.1) is 12.7 Å². The van der Waals surface area contributed by atoms with Crippen LogP contribution in [0.4, 0.5) is 10.1 Å². The molecule has 2 rings (SSSR count). The first-order valence-corrected chi connectivity index (χ1v) is 6.56. The molecule has 0 aliphatic heterocycles. The number of anilines is 1. The van der Waals surface area contributed by atoms with E-state index in [4.69, 9.17) is 10.5 Å². The van der Waals surface area contributed by atoms with E-state index in [1.165, 1.54) is 12.1 Å². The van der Waals surface area contributed by atoms with Gasteiger partial charge < -0.3 is 15.8 Å². The molecule has 5 heteroatoms. The number of halogens is 1. The van der Waals surface area contributed by atoms with Crippen molar-refractivity contribution in [3.8, 4) is 5.75 Å². The summed E-state index contributed by atoms with van der Waals surface area (Å²) in [6.45, 7) is 1.91. The van der Waals surface area contributed by atoms with Gasteiger partial charge in [0, 0.05) is 12.2 Å². The summed E-state index contributed by atoms with van der Waals surface area (Å²) in [7, 11) is 0. The van der Waals surface area contributed by atoms with Gasteiger partial charge in [-0.25, -0.2) is 4.39 Å². The van der Waals surface area contributed by atoms with Crippen LogP contribution < -0.4 is 15.8 Å². The third-order valence-corrected chi connectivity index (χ3v) is 2.95. The third kappa shape index (κ3) is 4.29. The van der Waals surface area contributed by atoms with Crippen LogP contribution in [0.2, 0.25) is 0 Å². The molecule has 0 heterocycles. The minimum atomic E-state index is -0.301. The topological polar surface area (TPSA) is 64.3 Å². The van der Waals surface area contributed by atoms with Gasteiger partial charge >= 0.3 is 0 Å². The van der Waals surface area contributed by atoms with Crippen molar-refractivity contribution in [3.63, 3.8) is 0 Å². The molecule has 0 unspecified atom stereocenters. The third-order valence-electron chi connectivity index (χ3n) is 2.95. The van der Waals surface area contributed by atoms with E-state index >= 15 is 0 Å². The average molecular weight is 288 g/mol. The summed E-state index contributed by atoms with van der Waals surface area (Å²) in [5.74, 6) is -0.128. The number of nitrogens with one attached hydrogen (secondary N) is 1. The van der Waals surface area contributed by atoms with Crippen LogP contribution in [0.15, 0.2) is 42.5 Å². The van der Waals surface area contributed by atoms with Gasteiger partial charge in [-0.05, 0) is 48.4 Å². The molecule has 21 heavy (non-hydrogen) atoms. The summed E-state index contributed by atoms with van der Waals surface area (Å²) in [4.78, 5) is 11.8. The predicted molar refractivity (Wildman–Crippen MR) is 79.6 cm³/mol. The molecule has 0 fully saturated rings. The number of ether oxygens (including phenoxy) is 1. The Hall–Kier alpha value is -2.40. The molecular weight excluding hydrogens is 271 g/mol. The molecule has 0 saturated heterocycles. The zero-order valence-electron chi connectivity index (χ0n) is 11.7. The average Bonchev–Trinajstić information content (AvgIpc) is 2.48. The van der Waals surface area contributed by atoms with E-state index < -0.39 is 0 Å². The van der Waals surface area contributed by atoms with Crippen molar-refractivity contribution in [3.05, 3.63) is 59.4 Å². The zero-order valence-corrected chi connectivity index (χ0v) is 11.7. The maximum atomic E-state index is 13.1. The molecule has 0 aliphatic rings. The maximum absolute atomic E-state index is 13.1. The van der Waals surface area contributed by atoms with E-state index in [-0.39, 0.29) is 18.3 Å². The first-order valence-electron chi connectivity index (χ1n) is 6.56. The Morgan fingerprint density at radius 3 is 2.81 bits per heavy atom. The Bertz CT molecular complexity index is 644. The highest BCUT2D eigenvalue weighted by Gasteiger charge is 2.05. The molecule has 0 radical (unpaired) electrons. The van der Waals surface area contributed by atoms with Crippen LogP contribution in [-0.2, 0) is 11.3 Å². The maximum Gasteiger partial charge on any atom is 0.262 e. The lowest BCUT2D eigenvalue weighted by atomic mass is 10.2. The lowest BCUT2D eigenvalue weighted by Crippen LogP contribution is -2.20. The van der Waals surface area contributed by atoms with Gasteiger partial charge in [0.1, 0.15) is 11.6 Å². The second kappa shape index (κ2) is 6.85. The highest BCUT2D eigenvalue weighted by Crippen LogP contribution is 2.16. The number of benzene rings is 2. The molecule has 3 N–H and O–H groups in total. The number of hydrogen-bond donors (Lipinski definition) is 2. The van der Waals surface area contributed by atoms with E-state index in [0.717, 1.165) is 5.56 Å². The second-order valence-corrected chi connectivity index (χ2v) is 4.65. The number of carbonyl (C=O) groups excluding carboxylic acids is 1. The Morgan fingerprint density at radius 1 is 1.29 bits per heavy atom. The highest BCUT2D eigenvalue weighted by atomic mass is 19.1. The second-order valence-electron chi connectivity index (χ2n) is 4.65. The van der Waals surface area contributed by atoms with Crippen molar-refractivity contribution in [1.82, 2.24) is 0 Å². The molecule has 1 amide bonds. The smallest absolute Gasteiger partial charge is 0.262 e. The van der Waals surface area contributed by atoms with E-state index in [1.54, 1.807) is 25.1 Å². The zero-order chi connectivity index (χ0) is 15.2. The largest absolute Gasteiger partial charge is 0.484 e. The fraction of sp³-hybridized carbons (Fsp3) is 0.188. The number of carbonyl (C=O) groups is 1. The van der Waals surface area contributed by atoms with Gasteiger partial charge in [0.15, 0.2) is 6.61 Å². The first kappa shape index (κ1) is 15.0. The Labute approximate surface area is 122 Å². The summed E-state index contributed by atoms with van der Waals surface area (Å²) < 4.78 is 18.4. The number of rotatable bonds is 5. The van der Waals surface area contributed by atoms with Crippen molar-refractivity contribution in [2.24, 2.45) is 5.73 Å². The molecule has 0 bridgehead atoms. The van der Waals surface area contributed by atoms with Crippen molar-refractivity contribution >= 4 is 11.6 Å². The molecule has 0 aromatic heterocycles. The first-order chi connectivity index (χ1) is 10.1. The van der Waals surface area contributed by atoms with E-state index in [9.17, 15) is 9.18 Å². The predicted octanol–water partition coefficient (Wildman–Crippen LogP) is 2.61. The summed E-state index contributed by atoms with van der Waals surface area (Å²) in [5, 5.41) is 2.72. The van der Waals surface area contributed by atoms with Gasteiger partial charge in [-0.2, -0.15) is 0 Å². The molecule has 0 spiro atoms. The molecule has 110 valence electrons. The normalized spacial score (nSPS) is 10.2. The highest BCUT2D eigenvalue weighted by molar-refractivity contribution is 5.91. The minimum Gasteiger partial charge on any atom is -0.484 e. The van der Waals surface area contributed by atoms with Crippen molar-refractivity contribution in [2.75, 3.05) is 11.9 Å². The molecule has 4 nitrogen and oxygen atoms in total. The van der Waals surface area contributed by atoms with Crippen LogP contribution >= 0.6 is 0 Å². The number of hydrogen-bond acceptors (Lipinski definition) is 3. The quantitative estimate of drug-likeness (QED) is 0.889. The van der Waals surface area contributed by atoms with Gasteiger partial charge in [-0.1, -0.05) is 12.1 Å². The molecule has 0 saturated carbocycles. The van der Waals surface area contributed by atoms with Crippen LogP contribution in [0.25, 0.3) is 0 Å². The number of aryl methyl sites for hydroxylation is 1. The minimum absolute atomic E-state index is 0.141. The Balaban J connectivity index is 1.90.